The molecule has 0 rings (SSSR count). The molecule has 0 aliphatic heterocycles. The summed E-state index contributed by atoms with van der Waals surface area (Å²) in [7, 11) is 0. The van der Waals surface area contributed by atoms with Gasteiger partial charge < -0.3 is 5.32 Å². The van der Waals surface area contributed by atoms with Crippen molar-refractivity contribution in [1.29, 1.82) is 0 Å². The van der Waals surface area contributed by atoms with E-state index in [1.807, 2.05) is 0 Å². The fourth-order valence-electron chi connectivity index (χ4n) is 1.66. The van der Waals surface area contributed by atoms with Crippen LogP contribution in [0.15, 0.2) is 0 Å². The second-order valence-electron chi connectivity index (χ2n) is 3.93. The summed E-state index contributed by atoms with van der Waals surface area (Å²) in [6.07, 6.45) is 8.38. The molecule has 0 radical (unpaired) electrons. The van der Waals surface area contributed by atoms with Gasteiger partial charge in [0.05, 0.1) is 0 Å². The van der Waals surface area contributed by atoms with Crippen molar-refractivity contribution in [2.75, 3.05) is 13.1 Å². The lowest BCUT2D eigenvalue weighted by molar-refractivity contribution is 0.417. The van der Waals surface area contributed by atoms with Crippen LogP contribution in [0.25, 0.3) is 0 Å². The third-order valence-electron chi connectivity index (χ3n) is 2.73. The van der Waals surface area contributed by atoms with Crippen LogP contribution in [-0.4, -0.2) is 13.1 Å². The van der Waals surface area contributed by atoms with Crippen LogP contribution in [0.3, 0.4) is 0 Å². The van der Waals surface area contributed by atoms with E-state index < -0.39 is 0 Å². The molecular weight excluding hydrogens is 158 g/mol. The topological polar surface area (TPSA) is 12.0 Å². The fraction of sp³-hybridized carbons (Fsp3) is 1.00. The lowest BCUT2D eigenvalue weighted by Crippen LogP contribution is -2.22. The normalized spacial score (nSPS) is 13.2. The van der Waals surface area contributed by atoms with Gasteiger partial charge in [0.1, 0.15) is 0 Å². The second-order valence-corrected chi connectivity index (χ2v) is 3.93. The van der Waals surface area contributed by atoms with Crippen molar-refractivity contribution in [2.45, 2.75) is 59.3 Å². The molecule has 0 amide bonds. The van der Waals surface area contributed by atoms with E-state index in [4.69, 9.17) is 0 Å². The first kappa shape index (κ1) is 13.0. The zero-order chi connectivity index (χ0) is 9.94. The minimum absolute atomic E-state index is 0.914. The van der Waals surface area contributed by atoms with E-state index in [1.54, 1.807) is 0 Å². The zero-order valence-corrected chi connectivity index (χ0v) is 9.73. The van der Waals surface area contributed by atoms with Crippen LogP contribution in [0.4, 0.5) is 0 Å². The van der Waals surface area contributed by atoms with E-state index in [9.17, 15) is 0 Å². The first-order chi connectivity index (χ1) is 6.35. The number of hydrogen-bond donors (Lipinski definition) is 1. The largest absolute Gasteiger partial charge is 0.317 e. The molecule has 80 valence electrons. The van der Waals surface area contributed by atoms with E-state index in [0.29, 0.717) is 0 Å². The highest BCUT2D eigenvalue weighted by Gasteiger charge is 2.04. The summed E-state index contributed by atoms with van der Waals surface area (Å²) in [4.78, 5) is 0. The second kappa shape index (κ2) is 10.0. The van der Waals surface area contributed by atoms with Gasteiger partial charge in [-0.05, 0) is 25.4 Å². The van der Waals surface area contributed by atoms with Crippen LogP contribution in [0.1, 0.15) is 59.3 Å². The van der Waals surface area contributed by atoms with Gasteiger partial charge in [0, 0.05) is 0 Å². The Kier molecular flexibility index (Phi) is 10.0. The van der Waals surface area contributed by atoms with E-state index in [1.165, 1.54) is 45.1 Å². The molecule has 0 heterocycles. The van der Waals surface area contributed by atoms with Gasteiger partial charge in [-0.2, -0.15) is 0 Å². The average Bonchev–Trinajstić information content (AvgIpc) is 2.17. The summed E-state index contributed by atoms with van der Waals surface area (Å²) in [5.74, 6) is 0.914. The Bertz CT molecular complexity index is 91.1. The quantitative estimate of drug-likeness (QED) is 0.541. The summed E-state index contributed by atoms with van der Waals surface area (Å²) in [6, 6.07) is 0. The summed E-state index contributed by atoms with van der Waals surface area (Å²) in [5, 5.41) is 3.44. The monoisotopic (exact) mass is 185 g/mol. The molecule has 1 N–H and O–H groups in total. The molecule has 0 bridgehead atoms. The van der Waals surface area contributed by atoms with E-state index in [0.717, 1.165) is 12.5 Å². The highest BCUT2D eigenvalue weighted by molar-refractivity contribution is 4.60. The molecule has 0 saturated carbocycles. The molecule has 1 nitrogen and oxygen atoms in total. The number of unbranched alkanes of at least 4 members (excludes halogenated alkanes) is 3. The predicted octanol–water partition coefficient (Wildman–Crippen LogP) is 3.59. The maximum absolute atomic E-state index is 3.44. The minimum Gasteiger partial charge on any atom is -0.317 e. The Morgan fingerprint density at radius 2 is 1.77 bits per heavy atom. The molecule has 0 spiro atoms. The van der Waals surface area contributed by atoms with Crippen LogP contribution in [0, 0.1) is 5.92 Å². The van der Waals surface area contributed by atoms with Gasteiger partial charge >= 0.3 is 0 Å². The maximum Gasteiger partial charge on any atom is -0.00207 e. The Balaban J connectivity index is 3.25. The highest BCUT2D eigenvalue weighted by atomic mass is 14.8. The smallest absolute Gasteiger partial charge is 0.00207 e. The van der Waals surface area contributed by atoms with Gasteiger partial charge in [0.15, 0.2) is 0 Å². The van der Waals surface area contributed by atoms with Gasteiger partial charge in [-0.1, -0.05) is 52.9 Å². The summed E-state index contributed by atoms with van der Waals surface area (Å²) < 4.78 is 0. The summed E-state index contributed by atoms with van der Waals surface area (Å²) in [5.41, 5.74) is 0. The van der Waals surface area contributed by atoms with Gasteiger partial charge in [0.2, 0.25) is 0 Å². The third-order valence-corrected chi connectivity index (χ3v) is 2.73. The molecule has 0 aromatic heterocycles. The van der Waals surface area contributed by atoms with Crippen molar-refractivity contribution >= 4 is 0 Å². The summed E-state index contributed by atoms with van der Waals surface area (Å²) >= 11 is 0. The summed E-state index contributed by atoms with van der Waals surface area (Å²) in [6.45, 7) is 9.10. The Morgan fingerprint density at radius 1 is 1.00 bits per heavy atom. The van der Waals surface area contributed by atoms with Gasteiger partial charge in [0.25, 0.3) is 0 Å². The fourth-order valence-corrected chi connectivity index (χ4v) is 1.66. The molecule has 0 saturated heterocycles. The molecule has 1 unspecified atom stereocenters. The third kappa shape index (κ3) is 8.29. The van der Waals surface area contributed by atoms with Gasteiger partial charge in [-0.3, -0.25) is 0 Å². The number of nitrogens with one attached hydrogen (secondary N) is 1. The molecule has 0 fully saturated rings. The van der Waals surface area contributed by atoms with Gasteiger partial charge in [-0.15, -0.1) is 0 Å². The SMILES string of the molecule is CCCCCCC(CC)CNCC. The molecular formula is C12H27N. The molecule has 1 atom stereocenters. The highest BCUT2D eigenvalue weighted by Crippen LogP contribution is 2.13. The van der Waals surface area contributed by atoms with Crippen molar-refractivity contribution in [3.05, 3.63) is 0 Å². The molecule has 0 aromatic carbocycles. The predicted molar refractivity (Wildman–Crippen MR) is 61.1 cm³/mol. The van der Waals surface area contributed by atoms with Crippen molar-refractivity contribution in [3.63, 3.8) is 0 Å². The minimum atomic E-state index is 0.914. The molecule has 0 aliphatic carbocycles. The van der Waals surface area contributed by atoms with Gasteiger partial charge in [-0.25, -0.2) is 0 Å². The Morgan fingerprint density at radius 3 is 2.31 bits per heavy atom. The van der Waals surface area contributed by atoms with Crippen molar-refractivity contribution in [2.24, 2.45) is 5.92 Å². The molecule has 1 heteroatoms. The molecule has 0 aliphatic rings. The number of hydrogen-bond acceptors (Lipinski definition) is 1. The Hall–Kier alpha value is -0.0400. The zero-order valence-electron chi connectivity index (χ0n) is 9.73. The first-order valence-corrected chi connectivity index (χ1v) is 6.05. The number of rotatable bonds is 9. The van der Waals surface area contributed by atoms with Crippen LogP contribution in [-0.2, 0) is 0 Å². The van der Waals surface area contributed by atoms with Crippen LogP contribution in [0.2, 0.25) is 0 Å². The van der Waals surface area contributed by atoms with E-state index in [2.05, 4.69) is 26.1 Å². The maximum atomic E-state index is 3.44. The van der Waals surface area contributed by atoms with Crippen molar-refractivity contribution in [3.8, 4) is 0 Å². The first-order valence-electron chi connectivity index (χ1n) is 6.05. The van der Waals surface area contributed by atoms with Crippen molar-refractivity contribution in [1.82, 2.24) is 5.32 Å². The molecule has 0 aromatic rings. The van der Waals surface area contributed by atoms with Crippen LogP contribution >= 0.6 is 0 Å². The van der Waals surface area contributed by atoms with Crippen molar-refractivity contribution < 1.29 is 0 Å². The standard InChI is InChI=1S/C12H27N/c1-4-7-8-9-10-12(5-2)11-13-6-3/h12-13H,4-11H2,1-3H3. The van der Waals surface area contributed by atoms with Crippen LogP contribution < -0.4 is 5.32 Å². The van der Waals surface area contributed by atoms with Crippen LogP contribution in [0.5, 0.6) is 0 Å². The van der Waals surface area contributed by atoms with E-state index >= 15 is 0 Å². The lowest BCUT2D eigenvalue weighted by Gasteiger charge is -2.14. The van der Waals surface area contributed by atoms with E-state index in [-0.39, 0.29) is 0 Å². The lowest BCUT2D eigenvalue weighted by atomic mass is 9.98. The Labute approximate surface area is 84.3 Å². The molecule has 13 heavy (non-hydrogen) atoms. The average molecular weight is 185 g/mol.